The molecule has 5 heteroatoms. The fourth-order valence-electron chi connectivity index (χ4n) is 0.695. The number of hydrogen-bond donors (Lipinski definition) is 0. The maximum atomic E-state index is 11.6. The van der Waals surface area contributed by atoms with Crippen molar-refractivity contribution in [2.24, 2.45) is 0 Å². The molecular weight excluding hydrogens is 151 g/mol. The third-order valence-corrected chi connectivity index (χ3v) is 1.08. The second-order valence-electron chi connectivity index (χ2n) is 2.08. The third-order valence-electron chi connectivity index (χ3n) is 1.08. The Hall–Kier alpha value is -1.13. The van der Waals surface area contributed by atoms with Gasteiger partial charge in [0.15, 0.2) is 0 Å². The van der Waals surface area contributed by atoms with E-state index in [1.165, 1.54) is 12.3 Å². The summed E-state index contributed by atoms with van der Waals surface area (Å²) in [5.74, 6) is 0.0972. The summed E-state index contributed by atoms with van der Waals surface area (Å²) >= 11 is 0. The van der Waals surface area contributed by atoms with Gasteiger partial charge in [0.25, 0.3) is 0 Å². The molecule has 1 aromatic rings. The van der Waals surface area contributed by atoms with E-state index in [0.29, 0.717) is 0 Å². The molecule has 0 bridgehead atoms. The zero-order valence-electron chi connectivity index (χ0n) is 5.92. The minimum absolute atomic E-state index is 0.0972. The molecule has 0 amide bonds. The lowest BCUT2D eigenvalue weighted by Gasteiger charge is -2.02. The van der Waals surface area contributed by atoms with Crippen molar-refractivity contribution in [2.45, 2.75) is 6.61 Å². The highest BCUT2D eigenvalue weighted by atomic mass is 19.3. The van der Waals surface area contributed by atoms with Gasteiger partial charge < -0.3 is 4.74 Å². The maximum Gasteiger partial charge on any atom is 0.387 e. The standard InChI is InChI=1S/C6H6BF2NO/c7-4-1-5(3-10-2-4)11-6(8)9/h1-3,6H,7H2. The Balaban J connectivity index is 2.71. The lowest BCUT2D eigenvalue weighted by atomic mass is 9.99. The van der Waals surface area contributed by atoms with Crippen LogP contribution in [0.2, 0.25) is 0 Å². The Bertz CT molecular complexity index is 244. The molecule has 0 saturated heterocycles. The quantitative estimate of drug-likeness (QED) is 0.561. The minimum atomic E-state index is -2.78. The fourth-order valence-corrected chi connectivity index (χ4v) is 0.695. The first kappa shape index (κ1) is 7.98. The van der Waals surface area contributed by atoms with Crippen LogP contribution < -0.4 is 10.2 Å². The predicted octanol–water partition coefficient (Wildman–Crippen LogP) is -0.0586. The number of ether oxygens (including phenoxy) is 1. The van der Waals surface area contributed by atoms with E-state index in [4.69, 9.17) is 0 Å². The van der Waals surface area contributed by atoms with Gasteiger partial charge in [0.05, 0.1) is 6.20 Å². The van der Waals surface area contributed by atoms with Gasteiger partial charge in [0, 0.05) is 6.20 Å². The second kappa shape index (κ2) is 3.32. The van der Waals surface area contributed by atoms with Gasteiger partial charge in [-0.1, -0.05) is 5.46 Å². The molecule has 1 rings (SSSR count). The average Bonchev–Trinajstić information content (AvgIpc) is 1.85. The molecule has 0 spiro atoms. The summed E-state index contributed by atoms with van der Waals surface area (Å²) in [6, 6.07) is 1.50. The summed E-state index contributed by atoms with van der Waals surface area (Å²) < 4.78 is 27.3. The van der Waals surface area contributed by atoms with Gasteiger partial charge in [0.2, 0.25) is 0 Å². The number of pyridine rings is 1. The van der Waals surface area contributed by atoms with Crippen LogP contribution in [0.3, 0.4) is 0 Å². The SMILES string of the molecule is Bc1cncc(OC(F)F)c1. The van der Waals surface area contributed by atoms with Gasteiger partial charge in [-0.25, -0.2) is 0 Å². The molecule has 11 heavy (non-hydrogen) atoms. The van der Waals surface area contributed by atoms with Gasteiger partial charge >= 0.3 is 6.61 Å². The van der Waals surface area contributed by atoms with Crippen LogP contribution in [0.1, 0.15) is 0 Å². The molecular formula is C6H6BF2NO. The molecule has 0 unspecified atom stereocenters. The Morgan fingerprint density at radius 3 is 2.73 bits per heavy atom. The summed E-state index contributed by atoms with van der Waals surface area (Å²) in [6.45, 7) is -2.78. The maximum absolute atomic E-state index is 11.6. The van der Waals surface area contributed by atoms with Crippen molar-refractivity contribution in [2.75, 3.05) is 0 Å². The molecule has 1 heterocycles. The van der Waals surface area contributed by atoms with Gasteiger partial charge in [-0.05, 0) is 6.07 Å². The van der Waals surface area contributed by atoms with Crippen LogP contribution in [-0.2, 0) is 0 Å². The van der Waals surface area contributed by atoms with Crippen LogP contribution in [0, 0.1) is 0 Å². The number of aromatic nitrogens is 1. The first-order valence-electron chi connectivity index (χ1n) is 3.05. The first-order valence-corrected chi connectivity index (χ1v) is 3.05. The Kier molecular flexibility index (Phi) is 2.41. The number of hydrogen-bond acceptors (Lipinski definition) is 2. The smallest absolute Gasteiger partial charge is 0.387 e. The first-order chi connectivity index (χ1) is 5.18. The number of rotatable bonds is 2. The lowest BCUT2D eigenvalue weighted by Crippen LogP contribution is -2.07. The van der Waals surface area contributed by atoms with E-state index < -0.39 is 6.61 Å². The van der Waals surface area contributed by atoms with Gasteiger partial charge in [-0.3, -0.25) is 4.98 Å². The van der Waals surface area contributed by atoms with Crippen LogP contribution in [-0.4, -0.2) is 19.4 Å². The minimum Gasteiger partial charge on any atom is -0.433 e. The molecule has 0 radical (unpaired) electrons. The lowest BCUT2D eigenvalue weighted by molar-refractivity contribution is -0.0500. The van der Waals surface area contributed by atoms with E-state index in [2.05, 4.69) is 9.72 Å². The molecule has 1 aromatic heterocycles. The highest BCUT2D eigenvalue weighted by Gasteiger charge is 2.03. The molecule has 0 atom stereocenters. The van der Waals surface area contributed by atoms with Crippen LogP contribution in [0.5, 0.6) is 5.75 Å². The van der Waals surface area contributed by atoms with Crippen molar-refractivity contribution in [1.82, 2.24) is 4.98 Å². The molecule has 0 saturated carbocycles. The van der Waals surface area contributed by atoms with Gasteiger partial charge in [-0.2, -0.15) is 8.78 Å². The Morgan fingerprint density at radius 1 is 1.45 bits per heavy atom. The van der Waals surface area contributed by atoms with Gasteiger partial charge in [-0.15, -0.1) is 0 Å². The van der Waals surface area contributed by atoms with Crippen molar-refractivity contribution in [1.29, 1.82) is 0 Å². The van der Waals surface area contributed by atoms with Crippen molar-refractivity contribution < 1.29 is 13.5 Å². The van der Waals surface area contributed by atoms with Crippen LogP contribution in [0.25, 0.3) is 0 Å². The summed E-state index contributed by atoms with van der Waals surface area (Å²) in [7, 11) is 1.76. The van der Waals surface area contributed by atoms with E-state index in [9.17, 15) is 8.78 Å². The average molecular weight is 157 g/mol. The van der Waals surface area contributed by atoms with Crippen LogP contribution in [0.15, 0.2) is 18.5 Å². The van der Waals surface area contributed by atoms with E-state index in [-0.39, 0.29) is 5.75 Å². The van der Waals surface area contributed by atoms with E-state index in [1.54, 1.807) is 14.0 Å². The van der Waals surface area contributed by atoms with Crippen molar-refractivity contribution in [3.8, 4) is 5.75 Å². The summed E-state index contributed by atoms with van der Waals surface area (Å²) in [4.78, 5) is 3.68. The molecule has 0 fully saturated rings. The van der Waals surface area contributed by atoms with Crippen LogP contribution >= 0.6 is 0 Å². The Labute approximate surface area is 63.6 Å². The predicted molar refractivity (Wildman–Crippen MR) is 39.0 cm³/mol. The highest BCUT2D eigenvalue weighted by molar-refractivity contribution is 6.32. The summed E-state index contributed by atoms with van der Waals surface area (Å²) in [6.07, 6.45) is 2.82. The molecule has 0 aromatic carbocycles. The van der Waals surface area contributed by atoms with E-state index in [0.717, 1.165) is 5.46 Å². The second-order valence-corrected chi connectivity index (χ2v) is 2.08. The van der Waals surface area contributed by atoms with Crippen LogP contribution in [0.4, 0.5) is 8.78 Å². The van der Waals surface area contributed by atoms with Crippen molar-refractivity contribution >= 4 is 13.3 Å². The third kappa shape index (κ3) is 2.53. The molecule has 0 N–H and O–H groups in total. The summed E-state index contributed by atoms with van der Waals surface area (Å²) in [5, 5.41) is 0. The molecule has 2 nitrogen and oxygen atoms in total. The largest absolute Gasteiger partial charge is 0.433 e. The molecule has 0 aliphatic rings. The van der Waals surface area contributed by atoms with Crippen molar-refractivity contribution in [3.05, 3.63) is 18.5 Å². The Morgan fingerprint density at radius 2 is 2.18 bits per heavy atom. The number of alkyl halides is 2. The fraction of sp³-hybridized carbons (Fsp3) is 0.167. The van der Waals surface area contributed by atoms with Crippen molar-refractivity contribution in [3.63, 3.8) is 0 Å². The zero-order valence-corrected chi connectivity index (χ0v) is 5.92. The molecule has 0 aliphatic carbocycles. The summed E-state index contributed by atoms with van der Waals surface area (Å²) in [5.41, 5.74) is 0.795. The highest BCUT2D eigenvalue weighted by Crippen LogP contribution is 2.08. The van der Waals surface area contributed by atoms with E-state index in [1.807, 2.05) is 0 Å². The topological polar surface area (TPSA) is 22.1 Å². The van der Waals surface area contributed by atoms with Gasteiger partial charge in [0.1, 0.15) is 13.6 Å². The monoisotopic (exact) mass is 157 g/mol. The normalized spacial score (nSPS) is 10.1. The number of nitrogens with zero attached hydrogens (tertiary/aromatic N) is 1. The molecule has 0 aliphatic heterocycles. The number of halogens is 2. The molecule has 58 valence electrons. The van der Waals surface area contributed by atoms with E-state index >= 15 is 0 Å². The zero-order chi connectivity index (χ0) is 8.27.